The summed E-state index contributed by atoms with van der Waals surface area (Å²) in [7, 11) is 0. The van der Waals surface area contributed by atoms with Gasteiger partial charge in [0.1, 0.15) is 0 Å². The summed E-state index contributed by atoms with van der Waals surface area (Å²) in [6.45, 7) is 3.66. The van der Waals surface area contributed by atoms with E-state index in [1.165, 1.54) is 0 Å². The Morgan fingerprint density at radius 2 is 1.79 bits per heavy atom. The highest BCUT2D eigenvalue weighted by molar-refractivity contribution is 4.73. The molecule has 0 aliphatic carbocycles. The van der Waals surface area contributed by atoms with Gasteiger partial charge in [0, 0.05) is 19.6 Å². The lowest BCUT2D eigenvalue weighted by molar-refractivity contribution is -0.125. The number of alkyl halides is 4. The Balaban J connectivity index is 3.39. The summed E-state index contributed by atoms with van der Waals surface area (Å²) in [5, 5.41) is 5.08. The van der Waals surface area contributed by atoms with Gasteiger partial charge in [-0.3, -0.25) is 0 Å². The number of nitrogens with one attached hydrogen (secondary N) is 2. The third-order valence-corrected chi connectivity index (χ3v) is 1.45. The molecule has 0 spiro atoms. The number of hydrogen-bond acceptors (Lipinski definition) is 2. The van der Waals surface area contributed by atoms with Gasteiger partial charge in [-0.15, -0.1) is 6.58 Å². The first-order valence-electron chi connectivity index (χ1n) is 4.19. The summed E-state index contributed by atoms with van der Waals surface area (Å²) in [5.41, 5.74) is 0. The van der Waals surface area contributed by atoms with Crippen molar-refractivity contribution >= 4 is 0 Å². The second-order valence-electron chi connectivity index (χ2n) is 2.73. The number of hydrogen-bond donors (Lipinski definition) is 2. The van der Waals surface area contributed by atoms with Crippen molar-refractivity contribution in [2.24, 2.45) is 0 Å². The molecule has 0 bridgehead atoms. The molecular formula is C8H14F4N2. The van der Waals surface area contributed by atoms with Gasteiger partial charge < -0.3 is 10.6 Å². The second-order valence-corrected chi connectivity index (χ2v) is 2.73. The van der Waals surface area contributed by atoms with E-state index in [0.717, 1.165) is 0 Å². The van der Waals surface area contributed by atoms with Crippen LogP contribution in [0.4, 0.5) is 17.6 Å². The summed E-state index contributed by atoms with van der Waals surface area (Å²) in [6, 6.07) is 0. The summed E-state index contributed by atoms with van der Waals surface area (Å²) < 4.78 is 47.8. The van der Waals surface area contributed by atoms with Gasteiger partial charge in [-0.05, 0) is 0 Å². The van der Waals surface area contributed by atoms with Crippen LogP contribution in [0, 0.1) is 0 Å². The lowest BCUT2D eigenvalue weighted by atomic mass is 10.3. The molecular weight excluding hydrogens is 200 g/mol. The van der Waals surface area contributed by atoms with Crippen molar-refractivity contribution in [3.8, 4) is 0 Å². The Hall–Kier alpha value is -0.620. The van der Waals surface area contributed by atoms with Crippen LogP contribution in [0.5, 0.6) is 0 Å². The van der Waals surface area contributed by atoms with E-state index in [4.69, 9.17) is 0 Å². The average molecular weight is 214 g/mol. The lowest BCUT2D eigenvalue weighted by Crippen LogP contribution is -2.41. The maximum atomic E-state index is 12.3. The van der Waals surface area contributed by atoms with Crippen LogP contribution >= 0.6 is 0 Å². The van der Waals surface area contributed by atoms with E-state index in [1.54, 1.807) is 6.08 Å². The molecule has 6 heteroatoms. The molecule has 14 heavy (non-hydrogen) atoms. The summed E-state index contributed by atoms with van der Waals surface area (Å²) in [4.78, 5) is 0. The SMILES string of the molecule is C=CCNCCNCC(F)(F)C(F)F. The predicted octanol–water partition coefficient (Wildman–Crippen LogP) is 1.25. The lowest BCUT2D eigenvalue weighted by Gasteiger charge is -2.15. The minimum Gasteiger partial charge on any atom is -0.312 e. The molecule has 0 atom stereocenters. The van der Waals surface area contributed by atoms with E-state index < -0.39 is 18.9 Å². The third kappa shape index (κ3) is 5.93. The molecule has 0 unspecified atom stereocenters. The molecule has 0 heterocycles. The van der Waals surface area contributed by atoms with Gasteiger partial charge in [0.15, 0.2) is 0 Å². The molecule has 0 aliphatic rings. The average Bonchev–Trinajstić information content (AvgIpc) is 2.10. The smallest absolute Gasteiger partial charge is 0.312 e. The second kappa shape index (κ2) is 6.78. The van der Waals surface area contributed by atoms with Crippen molar-refractivity contribution < 1.29 is 17.6 Å². The quantitative estimate of drug-likeness (QED) is 0.361. The molecule has 0 amide bonds. The first-order valence-corrected chi connectivity index (χ1v) is 4.19. The summed E-state index contributed by atoms with van der Waals surface area (Å²) in [5.74, 6) is -3.95. The zero-order chi connectivity index (χ0) is 11.0. The van der Waals surface area contributed by atoms with Crippen LogP contribution < -0.4 is 10.6 Å². The Morgan fingerprint density at radius 3 is 2.29 bits per heavy atom. The van der Waals surface area contributed by atoms with Crippen molar-refractivity contribution in [3.63, 3.8) is 0 Å². The predicted molar refractivity (Wildman–Crippen MR) is 46.9 cm³/mol. The van der Waals surface area contributed by atoms with Crippen LogP contribution in [0.25, 0.3) is 0 Å². The Labute approximate surface area is 80.4 Å². The Kier molecular flexibility index (Phi) is 6.48. The molecule has 0 aliphatic heterocycles. The zero-order valence-corrected chi connectivity index (χ0v) is 7.70. The Morgan fingerprint density at radius 1 is 1.21 bits per heavy atom. The van der Waals surface area contributed by atoms with E-state index >= 15 is 0 Å². The topological polar surface area (TPSA) is 24.1 Å². The molecule has 2 N–H and O–H groups in total. The monoisotopic (exact) mass is 214 g/mol. The van der Waals surface area contributed by atoms with Crippen molar-refractivity contribution in [1.82, 2.24) is 10.6 Å². The molecule has 84 valence electrons. The van der Waals surface area contributed by atoms with Crippen LogP contribution in [0.3, 0.4) is 0 Å². The van der Waals surface area contributed by atoms with E-state index in [1.807, 2.05) is 0 Å². The van der Waals surface area contributed by atoms with Crippen LogP contribution in [0.1, 0.15) is 0 Å². The molecule has 0 aromatic carbocycles. The van der Waals surface area contributed by atoms with E-state index in [-0.39, 0.29) is 6.54 Å². The number of rotatable bonds is 8. The zero-order valence-electron chi connectivity index (χ0n) is 7.70. The first kappa shape index (κ1) is 13.4. The fourth-order valence-electron chi connectivity index (χ4n) is 0.713. The standard InChI is InChI=1S/C8H14F4N2/c1-2-3-13-4-5-14-6-8(11,12)7(9)10/h2,7,13-14H,1,3-6H2. The number of halogens is 4. The van der Waals surface area contributed by atoms with Crippen LogP contribution in [-0.2, 0) is 0 Å². The maximum absolute atomic E-state index is 12.3. The minimum atomic E-state index is -3.95. The van der Waals surface area contributed by atoms with Gasteiger partial charge >= 0.3 is 12.3 Å². The van der Waals surface area contributed by atoms with E-state index in [2.05, 4.69) is 17.2 Å². The van der Waals surface area contributed by atoms with Crippen LogP contribution in [0.2, 0.25) is 0 Å². The van der Waals surface area contributed by atoms with Gasteiger partial charge in [0.2, 0.25) is 0 Å². The van der Waals surface area contributed by atoms with Gasteiger partial charge in [-0.1, -0.05) is 6.08 Å². The molecule has 0 rings (SSSR count). The molecule has 0 saturated heterocycles. The highest BCUT2D eigenvalue weighted by atomic mass is 19.3. The van der Waals surface area contributed by atoms with Gasteiger partial charge in [-0.25, -0.2) is 8.78 Å². The van der Waals surface area contributed by atoms with E-state index in [0.29, 0.717) is 13.1 Å². The summed E-state index contributed by atoms with van der Waals surface area (Å²) in [6.07, 6.45) is -2.00. The third-order valence-electron chi connectivity index (χ3n) is 1.45. The van der Waals surface area contributed by atoms with Crippen molar-refractivity contribution in [3.05, 3.63) is 12.7 Å². The normalized spacial score (nSPS) is 12.1. The molecule has 0 fully saturated rings. The first-order chi connectivity index (χ1) is 6.50. The molecule has 0 aromatic rings. The van der Waals surface area contributed by atoms with E-state index in [9.17, 15) is 17.6 Å². The minimum absolute atomic E-state index is 0.218. The summed E-state index contributed by atoms with van der Waals surface area (Å²) >= 11 is 0. The van der Waals surface area contributed by atoms with Crippen LogP contribution in [0.15, 0.2) is 12.7 Å². The van der Waals surface area contributed by atoms with Gasteiger partial charge in [-0.2, -0.15) is 8.78 Å². The highest BCUT2D eigenvalue weighted by Gasteiger charge is 2.39. The maximum Gasteiger partial charge on any atom is 0.319 e. The van der Waals surface area contributed by atoms with Gasteiger partial charge in [0.25, 0.3) is 0 Å². The fourth-order valence-corrected chi connectivity index (χ4v) is 0.713. The van der Waals surface area contributed by atoms with Crippen molar-refractivity contribution in [2.45, 2.75) is 12.3 Å². The Bertz CT molecular complexity index is 161. The molecule has 0 radical (unpaired) electrons. The fraction of sp³-hybridized carbons (Fsp3) is 0.750. The van der Waals surface area contributed by atoms with Crippen LogP contribution in [-0.4, -0.2) is 38.5 Å². The van der Waals surface area contributed by atoms with Gasteiger partial charge in [0.05, 0.1) is 6.54 Å². The highest BCUT2D eigenvalue weighted by Crippen LogP contribution is 2.21. The molecule has 2 nitrogen and oxygen atoms in total. The molecule has 0 aromatic heterocycles. The molecule has 0 saturated carbocycles. The van der Waals surface area contributed by atoms with Crippen molar-refractivity contribution in [1.29, 1.82) is 0 Å². The van der Waals surface area contributed by atoms with Crippen molar-refractivity contribution in [2.75, 3.05) is 26.2 Å². The largest absolute Gasteiger partial charge is 0.319 e.